The van der Waals surface area contributed by atoms with E-state index in [1.807, 2.05) is 30.3 Å². The molecule has 26 heavy (non-hydrogen) atoms. The van der Waals surface area contributed by atoms with Gasteiger partial charge in [0.25, 0.3) is 0 Å². The average molecular weight is 374 g/mol. The standard InChI is InChI=1S/C19H24ClN5O/c1-2-9-22-19(23-11-7-16-5-4-13-26-16)24-15-8-12-25(14-15)18-17(20)6-3-10-21-18/h2-6,10,13,15H,1,7-9,11-12,14H2,(H2,22,23,24). The van der Waals surface area contributed by atoms with Crippen LogP contribution in [0.5, 0.6) is 0 Å². The Balaban J connectivity index is 1.56. The fraction of sp³-hybridized carbons (Fsp3) is 0.368. The second kappa shape index (κ2) is 9.29. The molecule has 0 aromatic carbocycles. The van der Waals surface area contributed by atoms with E-state index < -0.39 is 0 Å². The highest BCUT2D eigenvalue weighted by atomic mass is 35.5. The van der Waals surface area contributed by atoms with Gasteiger partial charge in [0.2, 0.25) is 0 Å². The second-order valence-corrected chi connectivity index (χ2v) is 6.52. The number of anilines is 1. The molecule has 2 aromatic rings. The van der Waals surface area contributed by atoms with E-state index in [1.54, 1.807) is 12.5 Å². The first-order chi connectivity index (χ1) is 12.8. The summed E-state index contributed by atoms with van der Waals surface area (Å²) in [5, 5.41) is 7.46. The van der Waals surface area contributed by atoms with Crippen molar-refractivity contribution in [2.75, 3.05) is 31.1 Å². The molecule has 0 spiro atoms. The Morgan fingerprint density at radius 2 is 2.38 bits per heavy atom. The molecule has 3 rings (SSSR count). The predicted molar refractivity (Wildman–Crippen MR) is 106 cm³/mol. The predicted octanol–water partition coefficient (Wildman–Crippen LogP) is 2.87. The third-order valence-corrected chi connectivity index (χ3v) is 4.48. The molecule has 1 saturated heterocycles. The molecule has 0 radical (unpaired) electrons. The fourth-order valence-corrected chi connectivity index (χ4v) is 3.17. The molecule has 6 nitrogen and oxygen atoms in total. The van der Waals surface area contributed by atoms with Crippen LogP contribution in [0.15, 0.2) is 58.8 Å². The van der Waals surface area contributed by atoms with Gasteiger partial charge in [0, 0.05) is 44.8 Å². The largest absolute Gasteiger partial charge is 0.469 e. The van der Waals surface area contributed by atoms with Gasteiger partial charge in [0.05, 0.1) is 11.3 Å². The third kappa shape index (κ3) is 5.02. The molecule has 1 fully saturated rings. The minimum absolute atomic E-state index is 0.285. The highest BCUT2D eigenvalue weighted by Gasteiger charge is 2.25. The van der Waals surface area contributed by atoms with Crippen LogP contribution in [0.3, 0.4) is 0 Å². The number of aromatic nitrogens is 1. The fourth-order valence-electron chi connectivity index (χ4n) is 2.93. The summed E-state index contributed by atoms with van der Waals surface area (Å²) in [6.45, 7) is 6.82. The number of nitrogens with zero attached hydrogens (tertiary/aromatic N) is 3. The van der Waals surface area contributed by atoms with Crippen LogP contribution < -0.4 is 15.5 Å². The number of pyridine rings is 1. The Labute approximate surface area is 159 Å². The molecule has 1 unspecified atom stereocenters. The van der Waals surface area contributed by atoms with Crippen molar-refractivity contribution < 1.29 is 4.42 Å². The maximum absolute atomic E-state index is 6.26. The summed E-state index contributed by atoms with van der Waals surface area (Å²) in [5.74, 6) is 2.57. The van der Waals surface area contributed by atoms with E-state index in [4.69, 9.17) is 16.0 Å². The smallest absolute Gasteiger partial charge is 0.191 e. The summed E-state index contributed by atoms with van der Waals surface area (Å²) in [5.41, 5.74) is 0. The van der Waals surface area contributed by atoms with Gasteiger partial charge in [-0.2, -0.15) is 0 Å². The lowest BCUT2D eigenvalue weighted by atomic mass is 10.3. The topological polar surface area (TPSA) is 65.7 Å². The van der Waals surface area contributed by atoms with Gasteiger partial charge in [0.15, 0.2) is 5.96 Å². The van der Waals surface area contributed by atoms with Crippen LogP contribution >= 0.6 is 11.6 Å². The lowest BCUT2D eigenvalue weighted by Crippen LogP contribution is -2.45. The van der Waals surface area contributed by atoms with E-state index in [0.717, 1.165) is 43.5 Å². The maximum atomic E-state index is 6.26. The van der Waals surface area contributed by atoms with E-state index in [0.29, 0.717) is 18.1 Å². The van der Waals surface area contributed by atoms with E-state index in [1.165, 1.54) is 0 Å². The minimum atomic E-state index is 0.285. The molecule has 1 aliphatic rings. The van der Waals surface area contributed by atoms with Crippen LogP contribution in [0, 0.1) is 0 Å². The molecule has 2 N–H and O–H groups in total. The van der Waals surface area contributed by atoms with Crippen molar-refractivity contribution in [3.05, 3.63) is 60.2 Å². The van der Waals surface area contributed by atoms with Gasteiger partial charge < -0.3 is 20.0 Å². The summed E-state index contributed by atoms with van der Waals surface area (Å²) in [4.78, 5) is 11.2. The second-order valence-electron chi connectivity index (χ2n) is 6.11. The first-order valence-corrected chi connectivity index (χ1v) is 9.17. The molecule has 138 valence electrons. The zero-order valence-electron chi connectivity index (χ0n) is 14.7. The van der Waals surface area contributed by atoms with Crippen molar-refractivity contribution in [2.24, 2.45) is 4.99 Å². The third-order valence-electron chi connectivity index (χ3n) is 4.19. The first kappa shape index (κ1) is 18.3. The normalized spacial score (nSPS) is 17.3. The Morgan fingerprint density at radius 3 is 3.15 bits per heavy atom. The quantitative estimate of drug-likeness (QED) is 0.444. The number of rotatable bonds is 7. The Bertz CT molecular complexity index is 731. The number of aliphatic imine (C=N–C) groups is 1. The van der Waals surface area contributed by atoms with E-state index in [2.05, 4.69) is 32.1 Å². The van der Waals surface area contributed by atoms with Crippen LogP contribution in [-0.4, -0.2) is 43.2 Å². The van der Waals surface area contributed by atoms with Crippen molar-refractivity contribution in [2.45, 2.75) is 18.9 Å². The Hall–Kier alpha value is -2.47. The summed E-state index contributed by atoms with van der Waals surface area (Å²) in [6, 6.07) is 7.86. The number of hydrogen-bond donors (Lipinski definition) is 2. The molecule has 0 aliphatic carbocycles. The Kier molecular flexibility index (Phi) is 6.55. The number of hydrogen-bond acceptors (Lipinski definition) is 4. The van der Waals surface area contributed by atoms with Crippen LogP contribution in [0.2, 0.25) is 5.02 Å². The van der Waals surface area contributed by atoms with Gasteiger partial charge in [0.1, 0.15) is 11.6 Å². The SMILES string of the molecule is C=CCNC(=NCCc1ccco1)NC1CCN(c2ncccc2Cl)C1. The van der Waals surface area contributed by atoms with Gasteiger partial charge in [-0.3, -0.25) is 4.99 Å². The molecule has 1 aliphatic heterocycles. The molecule has 0 bridgehead atoms. The van der Waals surface area contributed by atoms with Crippen molar-refractivity contribution in [3.8, 4) is 0 Å². The van der Waals surface area contributed by atoms with Gasteiger partial charge in [-0.25, -0.2) is 4.98 Å². The van der Waals surface area contributed by atoms with Crippen molar-refractivity contribution in [3.63, 3.8) is 0 Å². The van der Waals surface area contributed by atoms with E-state index >= 15 is 0 Å². The molecule has 0 saturated carbocycles. The average Bonchev–Trinajstić information content (AvgIpc) is 3.32. The molecule has 7 heteroatoms. The lowest BCUT2D eigenvalue weighted by Gasteiger charge is -2.20. The lowest BCUT2D eigenvalue weighted by molar-refractivity contribution is 0.510. The molecule has 0 amide bonds. The summed E-state index contributed by atoms with van der Waals surface area (Å²) >= 11 is 6.26. The van der Waals surface area contributed by atoms with Crippen LogP contribution in [0.1, 0.15) is 12.2 Å². The molecule has 1 atom stereocenters. The highest BCUT2D eigenvalue weighted by Crippen LogP contribution is 2.25. The van der Waals surface area contributed by atoms with Crippen LogP contribution in [-0.2, 0) is 6.42 Å². The molecule has 2 aromatic heterocycles. The minimum Gasteiger partial charge on any atom is -0.469 e. The number of furan rings is 1. The van der Waals surface area contributed by atoms with Crippen molar-refractivity contribution >= 4 is 23.4 Å². The van der Waals surface area contributed by atoms with Crippen molar-refractivity contribution in [1.82, 2.24) is 15.6 Å². The van der Waals surface area contributed by atoms with Gasteiger partial charge in [-0.15, -0.1) is 6.58 Å². The summed E-state index contributed by atoms with van der Waals surface area (Å²) < 4.78 is 5.35. The monoisotopic (exact) mass is 373 g/mol. The van der Waals surface area contributed by atoms with Gasteiger partial charge in [-0.05, 0) is 30.7 Å². The molecular formula is C19H24ClN5O. The van der Waals surface area contributed by atoms with Crippen molar-refractivity contribution in [1.29, 1.82) is 0 Å². The molecule has 3 heterocycles. The first-order valence-electron chi connectivity index (χ1n) is 8.80. The summed E-state index contributed by atoms with van der Waals surface area (Å²) in [6.07, 6.45) is 7.05. The summed E-state index contributed by atoms with van der Waals surface area (Å²) in [7, 11) is 0. The number of nitrogens with one attached hydrogen (secondary N) is 2. The van der Waals surface area contributed by atoms with E-state index in [-0.39, 0.29) is 6.04 Å². The van der Waals surface area contributed by atoms with Gasteiger partial charge in [-0.1, -0.05) is 17.7 Å². The van der Waals surface area contributed by atoms with Gasteiger partial charge >= 0.3 is 0 Å². The van der Waals surface area contributed by atoms with E-state index in [9.17, 15) is 0 Å². The Morgan fingerprint density at radius 1 is 1.46 bits per heavy atom. The molecular weight excluding hydrogens is 350 g/mol. The zero-order chi connectivity index (χ0) is 18.2. The number of halogens is 1. The van der Waals surface area contributed by atoms with Crippen LogP contribution in [0.4, 0.5) is 5.82 Å². The zero-order valence-corrected chi connectivity index (χ0v) is 15.5. The maximum Gasteiger partial charge on any atom is 0.191 e. The van der Waals surface area contributed by atoms with Crippen LogP contribution in [0.25, 0.3) is 0 Å². The number of guanidine groups is 1. The highest BCUT2D eigenvalue weighted by molar-refractivity contribution is 6.32.